The Balaban J connectivity index is 2.64. The van der Waals surface area contributed by atoms with Crippen molar-refractivity contribution in [1.29, 1.82) is 0 Å². The first-order chi connectivity index (χ1) is 8.78. The number of pyridine rings is 1. The number of carboxylic acids is 1. The zero-order valence-electron chi connectivity index (χ0n) is 10.8. The van der Waals surface area contributed by atoms with Crippen LogP contribution in [0.1, 0.15) is 19.5 Å². The van der Waals surface area contributed by atoms with Gasteiger partial charge in [0, 0.05) is 6.54 Å². The molecule has 19 heavy (non-hydrogen) atoms. The molecule has 106 valence electrons. The molecule has 0 spiro atoms. The number of carbonyl (C=O) groups is 1. The Kier molecular flexibility index (Phi) is 5.25. The number of aromatic nitrogens is 1. The lowest BCUT2D eigenvalue weighted by atomic mass is 10.2. The van der Waals surface area contributed by atoms with Crippen LogP contribution in [0.15, 0.2) is 18.3 Å². The van der Waals surface area contributed by atoms with Gasteiger partial charge in [0.2, 0.25) is 0 Å². The molecule has 0 radical (unpaired) electrons. The van der Waals surface area contributed by atoms with Crippen molar-refractivity contribution in [2.45, 2.75) is 20.3 Å². The second kappa shape index (κ2) is 6.48. The predicted molar refractivity (Wildman–Crippen MR) is 71.0 cm³/mol. The highest BCUT2D eigenvalue weighted by molar-refractivity contribution is 7.90. The summed E-state index contributed by atoms with van der Waals surface area (Å²) in [6.07, 6.45) is 1.09. The SMILES string of the molecule is CC(C)CNS(=O)(=O)Nc1ccc(CC(=O)O)nc1. The van der Waals surface area contributed by atoms with E-state index in [1.165, 1.54) is 18.3 Å². The molecule has 0 aliphatic heterocycles. The van der Waals surface area contributed by atoms with Crippen molar-refractivity contribution in [3.63, 3.8) is 0 Å². The fourth-order valence-corrected chi connectivity index (χ4v) is 2.27. The summed E-state index contributed by atoms with van der Waals surface area (Å²) in [6.45, 7) is 4.12. The largest absolute Gasteiger partial charge is 0.481 e. The van der Waals surface area contributed by atoms with Gasteiger partial charge in [-0.15, -0.1) is 0 Å². The number of aliphatic carboxylic acids is 1. The summed E-state index contributed by atoms with van der Waals surface area (Å²) in [5.41, 5.74) is 0.649. The second-order valence-electron chi connectivity index (χ2n) is 4.46. The van der Waals surface area contributed by atoms with Crippen LogP contribution in [0.5, 0.6) is 0 Å². The van der Waals surface area contributed by atoms with Gasteiger partial charge in [-0.3, -0.25) is 14.5 Å². The predicted octanol–water partition coefficient (Wildman–Crippen LogP) is 0.611. The number of carboxylic acid groups (broad SMARTS) is 1. The lowest BCUT2D eigenvalue weighted by Crippen LogP contribution is -2.32. The fourth-order valence-electron chi connectivity index (χ4n) is 1.21. The maximum Gasteiger partial charge on any atom is 0.309 e. The molecule has 0 saturated carbocycles. The average Bonchev–Trinajstić information content (AvgIpc) is 2.28. The van der Waals surface area contributed by atoms with E-state index in [1.54, 1.807) is 0 Å². The molecule has 0 aliphatic rings. The normalized spacial score (nSPS) is 11.5. The van der Waals surface area contributed by atoms with Crippen LogP contribution in [0, 0.1) is 5.92 Å². The van der Waals surface area contributed by atoms with E-state index in [2.05, 4.69) is 14.4 Å². The van der Waals surface area contributed by atoms with Crippen molar-refractivity contribution in [2.75, 3.05) is 11.3 Å². The molecule has 0 amide bonds. The van der Waals surface area contributed by atoms with E-state index in [9.17, 15) is 13.2 Å². The maximum absolute atomic E-state index is 11.6. The average molecular weight is 287 g/mol. The third kappa shape index (κ3) is 6.16. The van der Waals surface area contributed by atoms with Gasteiger partial charge >= 0.3 is 5.97 Å². The molecule has 3 N–H and O–H groups in total. The molecule has 1 heterocycles. The van der Waals surface area contributed by atoms with Gasteiger partial charge in [-0.1, -0.05) is 13.8 Å². The number of nitrogens with one attached hydrogen (secondary N) is 2. The van der Waals surface area contributed by atoms with Crippen molar-refractivity contribution in [2.24, 2.45) is 5.92 Å². The summed E-state index contributed by atoms with van der Waals surface area (Å²) in [7, 11) is -3.62. The van der Waals surface area contributed by atoms with Crippen LogP contribution in [-0.4, -0.2) is 31.0 Å². The third-order valence-electron chi connectivity index (χ3n) is 2.09. The molecular weight excluding hydrogens is 270 g/mol. The number of nitrogens with zero attached hydrogens (tertiary/aromatic N) is 1. The van der Waals surface area contributed by atoms with Crippen LogP contribution in [-0.2, 0) is 21.4 Å². The summed E-state index contributed by atoms with van der Waals surface area (Å²) in [6, 6.07) is 2.94. The minimum Gasteiger partial charge on any atom is -0.481 e. The number of anilines is 1. The van der Waals surface area contributed by atoms with Crippen LogP contribution < -0.4 is 9.44 Å². The lowest BCUT2D eigenvalue weighted by Gasteiger charge is -2.10. The van der Waals surface area contributed by atoms with Gasteiger partial charge in [0.25, 0.3) is 10.2 Å². The summed E-state index contributed by atoms with van der Waals surface area (Å²) < 4.78 is 27.9. The van der Waals surface area contributed by atoms with Gasteiger partial charge in [0.15, 0.2) is 0 Å². The maximum atomic E-state index is 11.6. The summed E-state index contributed by atoms with van der Waals surface area (Å²) in [5.74, 6) is -0.785. The minimum atomic E-state index is -3.62. The second-order valence-corrected chi connectivity index (χ2v) is 5.96. The van der Waals surface area contributed by atoms with Crippen molar-refractivity contribution in [1.82, 2.24) is 9.71 Å². The van der Waals surface area contributed by atoms with Crippen LogP contribution in [0.25, 0.3) is 0 Å². The minimum absolute atomic E-state index is 0.196. The van der Waals surface area contributed by atoms with E-state index in [4.69, 9.17) is 5.11 Å². The highest BCUT2D eigenvalue weighted by Crippen LogP contribution is 2.08. The molecule has 1 aromatic rings. The van der Waals surface area contributed by atoms with E-state index in [1.807, 2.05) is 13.8 Å². The van der Waals surface area contributed by atoms with Gasteiger partial charge in [-0.05, 0) is 18.1 Å². The molecule has 8 heteroatoms. The topological polar surface area (TPSA) is 108 Å². The lowest BCUT2D eigenvalue weighted by molar-refractivity contribution is -0.136. The molecule has 0 aliphatic carbocycles. The highest BCUT2D eigenvalue weighted by atomic mass is 32.2. The number of rotatable bonds is 7. The first-order valence-corrected chi connectivity index (χ1v) is 7.21. The Bertz CT molecular complexity index is 525. The Labute approximate surface area is 112 Å². The molecule has 1 aromatic heterocycles. The Morgan fingerprint density at radius 1 is 1.42 bits per heavy atom. The molecule has 1 rings (SSSR count). The quantitative estimate of drug-likeness (QED) is 0.681. The molecule has 0 bridgehead atoms. The van der Waals surface area contributed by atoms with E-state index < -0.39 is 16.2 Å². The summed E-state index contributed by atoms with van der Waals surface area (Å²) >= 11 is 0. The van der Waals surface area contributed by atoms with Crippen molar-refractivity contribution < 1.29 is 18.3 Å². The van der Waals surface area contributed by atoms with Gasteiger partial charge in [-0.25, -0.2) is 0 Å². The third-order valence-corrected chi connectivity index (χ3v) is 3.14. The summed E-state index contributed by atoms with van der Waals surface area (Å²) in [5, 5.41) is 8.58. The van der Waals surface area contributed by atoms with Gasteiger partial charge < -0.3 is 5.11 Å². The first-order valence-electron chi connectivity index (χ1n) is 5.72. The zero-order valence-corrected chi connectivity index (χ0v) is 11.6. The first kappa shape index (κ1) is 15.4. The number of hydrogen-bond donors (Lipinski definition) is 3. The van der Waals surface area contributed by atoms with Crippen LogP contribution in [0.4, 0.5) is 5.69 Å². The summed E-state index contributed by atoms with van der Waals surface area (Å²) in [4.78, 5) is 14.3. The van der Waals surface area contributed by atoms with E-state index in [0.717, 1.165) is 0 Å². The fraction of sp³-hybridized carbons (Fsp3) is 0.455. The highest BCUT2D eigenvalue weighted by Gasteiger charge is 2.10. The van der Waals surface area contributed by atoms with E-state index >= 15 is 0 Å². The standard InChI is InChI=1S/C11H17N3O4S/c1-8(2)6-13-19(17,18)14-10-4-3-9(12-7-10)5-11(15)16/h3-4,7-8,13-14H,5-6H2,1-2H3,(H,15,16). The number of hydrogen-bond acceptors (Lipinski definition) is 4. The van der Waals surface area contributed by atoms with E-state index in [-0.39, 0.29) is 18.0 Å². The molecule has 0 atom stereocenters. The monoisotopic (exact) mass is 287 g/mol. The van der Waals surface area contributed by atoms with E-state index in [0.29, 0.717) is 12.2 Å². The Morgan fingerprint density at radius 2 is 2.11 bits per heavy atom. The Hall–Kier alpha value is -1.67. The van der Waals surface area contributed by atoms with Crippen molar-refractivity contribution in [3.05, 3.63) is 24.0 Å². The van der Waals surface area contributed by atoms with Gasteiger partial charge in [0.1, 0.15) is 0 Å². The van der Waals surface area contributed by atoms with Crippen molar-refractivity contribution >= 4 is 21.9 Å². The van der Waals surface area contributed by atoms with Gasteiger partial charge in [0.05, 0.1) is 24.0 Å². The molecule has 0 unspecified atom stereocenters. The zero-order chi connectivity index (χ0) is 14.5. The molecule has 0 saturated heterocycles. The molecule has 7 nitrogen and oxygen atoms in total. The van der Waals surface area contributed by atoms with Crippen LogP contribution in [0.3, 0.4) is 0 Å². The van der Waals surface area contributed by atoms with Crippen LogP contribution >= 0.6 is 0 Å². The van der Waals surface area contributed by atoms with Crippen LogP contribution in [0.2, 0.25) is 0 Å². The van der Waals surface area contributed by atoms with Crippen molar-refractivity contribution in [3.8, 4) is 0 Å². The smallest absolute Gasteiger partial charge is 0.309 e. The molecule has 0 aromatic carbocycles. The Morgan fingerprint density at radius 3 is 2.58 bits per heavy atom. The molecular formula is C11H17N3O4S. The van der Waals surface area contributed by atoms with Gasteiger partial charge in [-0.2, -0.15) is 13.1 Å². The molecule has 0 fully saturated rings.